The van der Waals surface area contributed by atoms with Crippen molar-refractivity contribution in [3.63, 3.8) is 0 Å². The highest BCUT2D eigenvalue weighted by molar-refractivity contribution is 5.71. The van der Waals surface area contributed by atoms with Crippen LogP contribution in [0.15, 0.2) is 48.6 Å². The molecule has 0 fully saturated rings. The first-order valence-electron chi connectivity index (χ1n) is 28.1. The summed E-state index contributed by atoms with van der Waals surface area (Å²) < 4.78 is 16.8. The molecule has 6 heteroatoms. The van der Waals surface area contributed by atoms with E-state index in [1.807, 2.05) is 0 Å². The Bertz CT molecular complexity index is 1140. The summed E-state index contributed by atoms with van der Waals surface area (Å²) >= 11 is 0. The van der Waals surface area contributed by atoms with Crippen LogP contribution in [0.2, 0.25) is 0 Å². The van der Waals surface area contributed by atoms with Gasteiger partial charge in [-0.1, -0.05) is 243 Å². The van der Waals surface area contributed by atoms with Gasteiger partial charge in [0.2, 0.25) is 0 Å². The molecule has 0 bridgehead atoms. The van der Waals surface area contributed by atoms with E-state index < -0.39 is 6.10 Å². The van der Waals surface area contributed by atoms with E-state index in [-0.39, 0.29) is 31.1 Å². The van der Waals surface area contributed by atoms with Crippen LogP contribution in [0.25, 0.3) is 0 Å². The van der Waals surface area contributed by atoms with Crippen molar-refractivity contribution < 1.29 is 28.6 Å². The van der Waals surface area contributed by atoms with Gasteiger partial charge in [0.15, 0.2) is 6.10 Å². The van der Waals surface area contributed by atoms with Crippen molar-refractivity contribution in [3.8, 4) is 0 Å². The van der Waals surface area contributed by atoms with E-state index in [0.717, 1.165) is 96.3 Å². The molecule has 0 unspecified atom stereocenters. The topological polar surface area (TPSA) is 78.9 Å². The number of allylic oxidation sites excluding steroid dienone is 8. The zero-order valence-electron chi connectivity index (χ0n) is 43.3. The highest BCUT2D eigenvalue weighted by Crippen LogP contribution is 2.16. The molecule has 0 saturated heterocycles. The third-order valence-corrected chi connectivity index (χ3v) is 12.3. The number of unbranched alkanes of at least 4 members (excludes halogenated alkanes) is 32. The highest BCUT2D eigenvalue weighted by atomic mass is 16.6. The number of rotatable bonds is 51. The second-order valence-electron chi connectivity index (χ2n) is 18.8. The first-order valence-corrected chi connectivity index (χ1v) is 28.1. The van der Waals surface area contributed by atoms with Crippen molar-refractivity contribution in [2.75, 3.05) is 13.2 Å². The Morgan fingerprint density at radius 2 is 0.600 bits per heavy atom. The molecule has 6 nitrogen and oxygen atoms in total. The number of carbonyl (C=O) groups excluding carboxylic acids is 3. The normalized spacial score (nSPS) is 12.4. The summed E-state index contributed by atoms with van der Waals surface area (Å²) in [7, 11) is 0. The van der Waals surface area contributed by atoms with Crippen LogP contribution in [-0.2, 0) is 28.6 Å². The zero-order chi connectivity index (χ0) is 47.2. The third kappa shape index (κ3) is 52.2. The van der Waals surface area contributed by atoms with Crippen LogP contribution in [0.1, 0.15) is 290 Å². The minimum atomic E-state index is -0.780. The summed E-state index contributed by atoms with van der Waals surface area (Å²) in [6, 6.07) is 0. The molecule has 65 heavy (non-hydrogen) atoms. The maximum atomic E-state index is 12.8. The Morgan fingerprint density at radius 1 is 0.323 bits per heavy atom. The van der Waals surface area contributed by atoms with Crippen LogP contribution < -0.4 is 0 Å². The van der Waals surface area contributed by atoms with Crippen LogP contribution in [-0.4, -0.2) is 37.2 Å². The quantitative estimate of drug-likeness (QED) is 0.0262. The van der Waals surface area contributed by atoms with E-state index in [4.69, 9.17) is 14.2 Å². The van der Waals surface area contributed by atoms with Gasteiger partial charge < -0.3 is 14.2 Å². The number of ether oxygens (including phenoxy) is 3. The fraction of sp³-hybridized carbons (Fsp3) is 0.814. The monoisotopic (exact) mass is 911 g/mol. The van der Waals surface area contributed by atoms with Crippen LogP contribution >= 0.6 is 0 Å². The summed E-state index contributed by atoms with van der Waals surface area (Å²) in [4.78, 5) is 38.1. The molecule has 0 aromatic rings. The molecule has 0 saturated carbocycles. The molecular weight excluding hydrogens is 805 g/mol. The summed E-state index contributed by atoms with van der Waals surface area (Å²) in [6.07, 6.45) is 65.3. The molecule has 0 radical (unpaired) electrons. The predicted molar refractivity (Wildman–Crippen MR) is 279 cm³/mol. The second-order valence-corrected chi connectivity index (χ2v) is 18.8. The minimum absolute atomic E-state index is 0.0779. The smallest absolute Gasteiger partial charge is 0.306 e. The molecule has 1 atom stereocenters. The Kier molecular flexibility index (Phi) is 51.8. The van der Waals surface area contributed by atoms with Crippen LogP contribution in [0, 0.1) is 0 Å². The van der Waals surface area contributed by atoms with E-state index in [0.29, 0.717) is 19.3 Å². The molecule has 378 valence electrons. The molecule has 0 aliphatic rings. The summed E-state index contributed by atoms with van der Waals surface area (Å²) in [5.41, 5.74) is 0. The molecule has 0 aliphatic carbocycles. The van der Waals surface area contributed by atoms with Gasteiger partial charge >= 0.3 is 17.9 Å². The molecule has 0 heterocycles. The number of hydrogen-bond donors (Lipinski definition) is 0. The van der Waals surface area contributed by atoms with Gasteiger partial charge in [-0.3, -0.25) is 14.4 Å². The van der Waals surface area contributed by atoms with Crippen LogP contribution in [0.5, 0.6) is 0 Å². The van der Waals surface area contributed by atoms with Crippen molar-refractivity contribution in [1.29, 1.82) is 0 Å². The maximum Gasteiger partial charge on any atom is 0.306 e. The van der Waals surface area contributed by atoms with Crippen molar-refractivity contribution in [3.05, 3.63) is 48.6 Å². The Labute approximate surface area is 403 Å². The number of carbonyl (C=O) groups is 3. The van der Waals surface area contributed by atoms with Crippen LogP contribution in [0.3, 0.4) is 0 Å². The minimum Gasteiger partial charge on any atom is -0.462 e. The van der Waals surface area contributed by atoms with E-state index in [1.54, 1.807) is 0 Å². The molecule has 0 aromatic carbocycles. The fourth-order valence-corrected chi connectivity index (χ4v) is 8.10. The van der Waals surface area contributed by atoms with Crippen LogP contribution in [0.4, 0.5) is 0 Å². The van der Waals surface area contributed by atoms with E-state index in [2.05, 4.69) is 69.4 Å². The van der Waals surface area contributed by atoms with Gasteiger partial charge in [0.1, 0.15) is 13.2 Å². The zero-order valence-corrected chi connectivity index (χ0v) is 43.3. The van der Waals surface area contributed by atoms with Gasteiger partial charge in [-0.25, -0.2) is 0 Å². The Hall–Kier alpha value is -2.63. The number of hydrogen-bond acceptors (Lipinski definition) is 6. The van der Waals surface area contributed by atoms with Gasteiger partial charge in [-0.2, -0.15) is 0 Å². The molecule has 0 aliphatic heterocycles. The molecular formula is C59H106O6. The Balaban J connectivity index is 4.35. The first kappa shape index (κ1) is 62.4. The lowest BCUT2D eigenvalue weighted by Gasteiger charge is -2.18. The average molecular weight is 911 g/mol. The van der Waals surface area contributed by atoms with Crippen molar-refractivity contribution in [2.45, 2.75) is 297 Å². The lowest BCUT2D eigenvalue weighted by Crippen LogP contribution is -2.30. The van der Waals surface area contributed by atoms with Crippen molar-refractivity contribution in [1.82, 2.24) is 0 Å². The molecule has 0 rings (SSSR count). The molecule has 0 aromatic heterocycles. The molecule has 0 amide bonds. The summed E-state index contributed by atoms with van der Waals surface area (Å²) in [5.74, 6) is -0.884. The highest BCUT2D eigenvalue weighted by Gasteiger charge is 2.19. The standard InChI is InChI=1S/C59H106O6/c1-4-7-10-13-16-19-22-25-27-28-29-30-32-34-37-40-43-46-49-52-58(61)64-55-56(54-63-57(60)51-48-45-42-39-36-33-24-21-18-15-12-9-6-3)65-59(62)53-50-47-44-41-38-35-31-26-23-20-17-14-11-8-5-2/h8,11,17,20,25-27,31,56H,4-7,9-10,12-16,18-19,21-24,28-30,32-55H2,1-3H3/b11-8-,20-17-,27-25-,31-26-/t56-/m1/s1. The third-order valence-electron chi connectivity index (χ3n) is 12.3. The van der Waals surface area contributed by atoms with Crippen molar-refractivity contribution >= 4 is 17.9 Å². The SMILES string of the molecule is CC/C=C\C/C=C\C/C=C\CCCCCCCC(=O)O[C@@H](COC(=O)CCCCCCCCCCC/C=C\CCCCCCCC)COC(=O)CCCCCCCCCCCCCCC. The second kappa shape index (κ2) is 54.0. The number of esters is 3. The Morgan fingerprint density at radius 3 is 0.954 bits per heavy atom. The lowest BCUT2D eigenvalue weighted by atomic mass is 10.0. The fourth-order valence-electron chi connectivity index (χ4n) is 8.10. The maximum absolute atomic E-state index is 12.8. The summed E-state index contributed by atoms with van der Waals surface area (Å²) in [6.45, 7) is 6.54. The van der Waals surface area contributed by atoms with E-state index in [9.17, 15) is 14.4 Å². The van der Waals surface area contributed by atoms with Gasteiger partial charge in [0, 0.05) is 19.3 Å². The lowest BCUT2D eigenvalue weighted by molar-refractivity contribution is -0.167. The molecule has 0 spiro atoms. The average Bonchev–Trinajstić information content (AvgIpc) is 3.30. The first-order chi connectivity index (χ1) is 32.0. The predicted octanol–water partition coefficient (Wildman–Crippen LogP) is 18.7. The van der Waals surface area contributed by atoms with Gasteiger partial charge in [0.05, 0.1) is 0 Å². The summed E-state index contributed by atoms with van der Waals surface area (Å²) in [5, 5.41) is 0. The van der Waals surface area contributed by atoms with Gasteiger partial charge in [0.25, 0.3) is 0 Å². The van der Waals surface area contributed by atoms with Gasteiger partial charge in [-0.05, 0) is 77.0 Å². The van der Waals surface area contributed by atoms with Crippen molar-refractivity contribution in [2.24, 2.45) is 0 Å². The van der Waals surface area contributed by atoms with Gasteiger partial charge in [-0.15, -0.1) is 0 Å². The van der Waals surface area contributed by atoms with E-state index >= 15 is 0 Å². The largest absolute Gasteiger partial charge is 0.462 e. The van der Waals surface area contributed by atoms with E-state index in [1.165, 1.54) is 154 Å². The molecule has 0 N–H and O–H groups in total.